The zero-order valence-corrected chi connectivity index (χ0v) is 19.0. The molecule has 0 radical (unpaired) electrons. The first kappa shape index (κ1) is 22.5. The van der Waals surface area contributed by atoms with E-state index >= 15 is 0 Å². The van der Waals surface area contributed by atoms with E-state index in [1.54, 1.807) is 37.4 Å². The third-order valence-corrected chi connectivity index (χ3v) is 5.99. The maximum Gasteiger partial charge on any atom is 0.254 e. The SMILES string of the molecule is CCOc1cc(C2C(C(=O)Nc3ccccc3OC)=C(C)NC3=C2C(=O)CCC3)ccc1O. The number of benzene rings is 2. The van der Waals surface area contributed by atoms with Crippen LogP contribution < -0.4 is 20.1 Å². The summed E-state index contributed by atoms with van der Waals surface area (Å²) in [4.78, 5) is 26.7. The molecule has 1 unspecified atom stereocenters. The van der Waals surface area contributed by atoms with Crippen LogP contribution >= 0.6 is 0 Å². The number of carbonyl (C=O) groups excluding carboxylic acids is 2. The van der Waals surface area contributed by atoms with Gasteiger partial charge in [-0.3, -0.25) is 9.59 Å². The van der Waals surface area contributed by atoms with Crippen LogP contribution in [-0.2, 0) is 9.59 Å². The monoisotopic (exact) mass is 448 g/mol. The predicted octanol–water partition coefficient (Wildman–Crippen LogP) is 4.41. The van der Waals surface area contributed by atoms with Crippen molar-refractivity contribution in [2.24, 2.45) is 0 Å². The number of aromatic hydroxyl groups is 1. The second-order valence-electron chi connectivity index (χ2n) is 8.08. The van der Waals surface area contributed by atoms with Crippen molar-refractivity contribution in [1.29, 1.82) is 0 Å². The molecular weight excluding hydrogens is 420 g/mol. The highest BCUT2D eigenvalue weighted by Crippen LogP contribution is 2.44. The van der Waals surface area contributed by atoms with Gasteiger partial charge >= 0.3 is 0 Å². The molecule has 1 aliphatic heterocycles. The number of methoxy groups -OCH3 is 1. The summed E-state index contributed by atoms with van der Waals surface area (Å²) in [6, 6.07) is 12.2. The molecule has 4 rings (SSSR count). The number of Topliss-reactive ketones (excluding diaryl/α,β-unsaturated/α-hetero) is 1. The first-order chi connectivity index (χ1) is 15.9. The number of phenolic OH excluding ortho intramolecular Hbond substituents is 1. The fraction of sp³-hybridized carbons (Fsp3) is 0.308. The van der Waals surface area contributed by atoms with Crippen LogP contribution in [-0.4, -0.2) is 30.5 Å². The zero-order chi connectivity index (χ0) is 23.5. The van der Waals surface area contributed by atoms with Gasteiger partial charge < -0.3 is 25.2 Å². The summed E-state index contributed by atoms with van der Waals surface area (Å²) >= 11 is 0. The summed E-state index contributed by atoms with van der Waals surface area (Å²) < 4.78 is 11.0. The molecule has 172 valence electrons. The van der Waals surface area contributed by atoms with E-state index in [1.165, 1.54) is 0 Å². The van der Waals surface area contributed by atoms with Crippen LogP contribution in [0.2, 0.25) is 0 Å². The van der Waals surface area contributed by atoms with E-state index in [2.05, 4.69) is 10.6 Å². The molecule has 1 amide bonds. The van der Waals surface area contributed by atoms with Crippen LogP contribution in [0.4, 0.5) is 5.69 Å². The molecule has 1 heterocycles. The molecule has 2 aliphatic rings. The molecular formula is C26H28N2O5. The molecule has 2 aromatic rings. The Bertz CT molecular complexity index is 1170. The normalized spacial score (nSPS) is 17.9. The number of hydrogen-bond donors (Lipinski definition) is 3. The number of para-hydroxylation sites is 2. The molecule has 2 aromatic carbocycles. The van der Waals surface area contributed by atoms with E-state index in [0.717, 1.165) is 18.5 Å². The Morgan fingerprint density at radius 1 is 1.18 bits per heavy atom. The molecule has 1 atom stereocenters. The third-order valence-electron chi connectivity index (χ3n) is 5.99. The molecule has 0 aromatic heterocycles. The van der Waals surface area contributed by atoms with Crippen molar-refractivity contribution in [2.75, 3.05) is 19.0 Å². The van der Waals surface area contributed by atoms with Crippen molar-refractivity contribution in [3.63, 3.8) is 0 Å². The van der Waals surface area contributed by atoms with E-state index in [4.69, 9.17) is 9.47 Å². The molecule has 0 fully saturated rings. The number of hydrogen-bond acceptors (Lipinski definition) is 6. The quantitative estimate of drug-likeness (QED) is 0.606. The summed E-state index contributed by atoms with van der Waals surface area (Å²) in [6.45, 7) is 4.06. The Morgan fingerprint density at radius 2 is 1.97 bits per heavy atom. The molecule has 0 spiro atoms. The lowest BCUT2D eigenvalue weighted by Gasteiger charge is -2.34. The minimum absolute atomic E-state index is 0.0134. The lowest BCUT2D eigenvalue weighted by Crippen LogP contribution is -2.35. The minimum Gasteiger partial charge on any atom is -0.504 e. The van der Waals surface area contributed by atoms with Crippen LogP contribution in [0.15, 0.2) is 65.0 Å². The number of anilines is 1. The molecule has 33 heavy (non-hydrogen) atoms. The van der Waals surface area contributed by atoms with Crippen LogP contribution in [0.25, 0.3) is 0 Å². The summed E-state index contributed by atoms with van der Waals surface area (Å²) in [6.07, 6.45) is 1.95. The smallest absolute Gasteiger partial charge is 0.254 e. The molecule has 0 bridgehead atoms. The zero-order valence-electron chi connectivity index (χ0n) is 19.0. The van der Waals surface area contributed by atoms with Crippen molar-refractivity contribution in [3.8, 4) is 17.2 Å². The van der Waals surface area contributed by atoms with Gasteiger partial charge in [0.1, 0.15) is 5.75 Å². The largest absolute Gasteiger partial charge is 0.504 e. The number of phenols is 1. The molecule has 1 aliphatic carbocycles. The second kappa shape index (κ2) is 9.40. The number of ketones is 1. The molecule has 0 saturated heterocycles. The summed E-state index contributed by atoms with van der Waals surface area (Å²) in [5, 5.41) is 16.5. The van der Waals surface area contributed by atoms with Crippen molar-refractivity contribution in [1.82, 2.24) is 5.32 Å². The lowest BCUT2D eigenvalue weighted by molar-refractivity contribution is -0.116. The number of ether oxygens (including phenoxy) is 2. The summed E-state index contributed by atoms with van der Waals surface area (Å²) in [7, 11) is 1.55. The van der Waals surface area contributed by atoms with Crippen molar-refractivity contribution in [3.05, 3.63) is 70.6 Å². The van der Waals surface area contributed by atoms with E-state index in [0.29, 0.717) is 52.6 Å². The minimum atomic E-state index is -0.580. The van der Waals surface area contributed by atoms with Crippen LogP contribution in [0, 0.1) is 0 Å². The van der Waals surface area contributed by atoms with Crippen LogP contribution in [0.5, 0.6) is 17.2 Å². The van der Waals surface area contributed by atoms with Crippen LogP contribution in [0.3, 0.4) is 0 Å². The summed E-state index contributed by atoms with van der Waals surface area (Å²) in [5.41, 5.74) is 3.85. The van der Waals surface area contributed by atoms with E-state index in [1.807, 2.05) is 26.0 Å². The van der Waals surface area contributed by atoms with Gasteiger partial charge in [0, 0.05) is 34.9 Å². The Labute approximate surface area is 193 Å². The Hall–Kier alpha value is -3.74. The maximum absolute atomic E-state index is 13.6. The van der Waals surface area contributed by atoms with Gasteiger partial charge in [0.2, 0.25) is 0 Å². The molecule has 0 saturated carbocycles. The van der Waals surface area contributed by atoms with Gasteiger partial charge in [-0.2, -0.15) is 0 Å². The van der Waals surface area contributed by atoms with Crippen molar-refractivity contribution in [2.45, 2.75) is 39.0 Å². The third kappa shape index (κ3) is 4.31. The van der Waals surface area contributed by atoms with E-state index in [9.17, 15) is 14.7 Å². The second-order valence-corrected chi connectivity index (χ2v) is 8.08. The molecule has 7 heteroatoms. The number of rotatable bonds is 6. The van der Waals surface area contributed by atoms with E-state index in [-0.39, 0.29) is 17.4 Å². The molecule has 3 N–H and O–H groups in total. The molecule has 7 nitrogen and oxygen atoms in total. The highest BCUT2D eigenvalue weighted by molar-refractivity contribution is 6.10. The van der Waals surface area contributed by atoms with Gasteiger partial charge in [-0.15, -0.1) is 0 Å². The first-order valence-electron chi connectivity index (χ1n) is 11.1. The first-order valence-corrected chi connectivity index (χ1v) is 11.1. The highest BCUT2D eigenvalue weighted by atomic mass is 16.5. The van der Waals surface area contributed by atoms with Gasteiger partial charge in [0.25, 0.3) is 5.91 Å². The van der Waals surface area contributed by atoms with Crippen LogP contribution in [0.1, 0.15) is 44.6 Å². The van der Waals surface area contributed by atoms with Crippen molar-refractivity contribution < 1.29 is 24.2 Å². The number of nitrogens with one attached hydrogen (secondary N) is 2. The van der Waals surface area contributed by atoms with Gasteiger partial charge in [-0.25, -0.2) is 0 Å². The van der Waals surface area contributed by atoms with Gasteiger partial charge in [0.15, 0.2) is 17.3 Å². The number of amides is 1. The fourth-order valence-corrected chi connectivity index (χ4v) is 4.54. The van der Waals surface area contributed by atoms with E-state index < -0.39 is 5.92 Å². The average Bonchev–Trinajstić information content (AvgIpc) is 2.80. The van der Waals surface area contributed by atoms with Gasteiger partial charge in [0.05, 0.1) is 19.4 Å². The Morgan fingerprint density at radius 3 is 2.73 bits per heavy atom. The number of dihydropyridines is 1. The Balaban J connectivity index is 1.81. The topological polar surface area (TPSA) is 96.9 Å². The lowest BCUT2D eigenvalue weighted by atomic mass is 9.75. The number of allylic oxidation sites excluding steroid dienone is 3. The Kier molecular flexibility index (Phi) is 6.40. The fourth-order valence-electron chi connectivity index (χ4n) is 4.54. The number of carbonyl (C=O) groups is 2. The standard InChI is InChI=1S/C26H28N2O5/c1-4-33-22-14-16(12-13-19(22)29)24-23(15(2)27-18-9-7-10-20(30)25(18)24)26(31)28-17-8-5-6-11-21(17)32-3/h5-6,8,11-14,24,27,29H,4,7,9-10H2,1-3H3,(H,28,31). The predicted molar refractivity (Wildman–Crippen MR) is 125 cm³/mol. The summed E-state index contributed by atoms with van der Waals surface area (Å²) in [5.74, 6) is -0.00857. The maximum atomic E-state index is 13.6. The van der Waals surface area contributed by atoms with Gasteiger partial charge in [-0.05, 0) is 56.5 Å². The van der Waals surface area contributed by atoms with Gasteiger partial charge in [-0.1, -0.05) is 18.2 Å². The van der Waals surface area contributed by atoms with Crippen molar-refractivity contribution >= 4 is 17.4 Å². The highest BCUT2D eigenvalue weighted by Gasteiger charge is 2.38. The average molecular weight is 449 g/mol.